The maximum Gasteiger partial charge on any atom is 0.132 e. The molecule has 0 aliphatic rings. The van der Waals surface area contributed by atoms with E-state index in [0.29, 0.717) is 34.8 Å². The Balaban J connectivity index is 1.36. The van der Waals surface area contributed by atoms with Gasteiger partial charge in [0.05, 0.1) is 22.1 Å². The second-order valence-electron chi connectivity index (χ2n) is 20.6. The first-order valence-corrected chi connectivity index (χ1v) is 30.9. The number of hydrogen-bond acceptors (Lipinski definition) is 4. The molecule has 8 heteroatoms. The quantitative estimate of drug-likeness (QED) is 0.0463. The van der Waals surface area contributed by atoms with Crippen LogP contribution in [0.1, 0.15) is 169 Å². The molecule has 8 aromatic rings. The highest BCUT2D eigenvalue weighted by molar-refractivity contribution is 7.24. The van der Waals surface area contributed by atoms with Crippen molar-refractivity contribution in [3.05, 3.63) is 94.2 Å². The fourth-order valence-electron chi connectivity index (χ4n) is 11.3. The highest BCUT2D eigenvalue weighted by atomic mass is 32.1. The van der Waals surface area contributed by atoms with Gasteiger partial charge < -0.3 is 9.13 Å². The van der Waals surface area contributed by atoms with Crippen molar-refractivity contribution in [3.63, 3.8) is 0 Å². The summed E-state index contributed by atoms with van der Waals surface area (Å²) in [5.74, 6) is 1.75. The van der Waals surface area contributed by atoms with Crippen LogP contribution in [0.15, 0.2) is 71.4 Å². The molecule has 0 amide bonds. The van der Waals surface area contributed by atoms with E-state index in [9.17, 15) is 0 Å². The highest BCUT2D eigenvalue weighted by Crippen LogP contribution is 2.48. The van der Waals surface area contributed by atoms with Crippen LogP contribution in [0.5, 0.6) is 0 Å². The zero-order chi connectivity index (χ0) is 49.3. The van der Waals surface area contributed by atoms with Gasteiger partial charge >= 0.3 is 0 Å². The number of fused-ring (bicyclic) bond motifs is 5. The number of benzene rings is 2. The van der Waals surface area contributed by atoms with E-state index >= 15 is 8.78 Å². The lowest BCUT2D eigenvalue weighted by Crippen LogP contribution is -2.10. The first kappa shape index (κ1) is 52.8. The third-order valence-electron chi connectivity index (χ3n) is 15.7. The van der Waals surface area contributed by atoms with E-state index in [0.717, 1.165) is 120 Å². The van der Waals surface area contributed by atoms with E-state index in [1.807, 2.05) is 12.1 Å². The molecule has 0 N–H and O–H groups in total. The van der Waals surface area contributed by atoms with Gasteiger partial charge in [-0.15, -0.1) is 45.3 Å². The van der Waals surface area contributed by atoms with Crippen LogP contribution in [-0.4, -0.2) is 9.13 Å². The fraction of sp³-hybridized carbons (Fsp3) is 0.516. The number of unbranched alkanes of at least 4 members (excludes halogenated alkanes) is 4. The summed E-state index contributed by atoms with van der Waals surface area (Å²) in [6, 6.07) is 21.4. The monoisotopic (exact) mass is 1020 g/mol. The van der Waals surface area contributed by atoms with Crippen molar-refractivity contribution in [1.82, 2.24) is 9.13 Å². The fourth-order valence-corrected chi connectivity index (χ4v) is 15.5. The molecule has 0 saturated carbocycles. The van der Waals surface area contributed by atoms with E-state index in [-0.39, 0.29) is 11.6 Å². The lowest BCUT2D eigenvalue weighted by molar-refractivity contribution is 0.399. The number of halogens is 2. The van der Waals surface area contributed by atoms with Gasteiger partial charge in [0.1, 0.15) is 11.6 Å². The second kappa shape index (κ2) is 24.9. The molecule has 6 heterocycles. The Morgan fingerprint density at radius 3 is 1.16 bits per heavy atom. The lowest BCUT2D eigenvalue weighted by atomic mass is 9.91. The lowest BCUT2D eigenvalue weighted by Gasteiger charge is -2.18. The van der Waals surface area contributed by atoms with Crippen LogP contribution >= 0.6 is 45.3 Å². The average molecular weight is 1020 g/mol. The summed E-state index contributed by atoms with van der Waals surface area (Å²) in [4.78, 5) is 7.11. The minimum atomic E-state index is -0.175. The van der Waals surface area contributed by atoms with Crippen molar-refractivity contribution in [3.8, 4) is 40.4 Å². The van der Waals surface area contributed by atoms with Crippen LogP contribution in [0.2, 0.25) is 0 Å². The predicted molar refractivity (Wildman–Crippen MR) is 309 cm³/mol. The van der Waals surface area contributed by atoms with Crippen molar-refractivity contribution in [2.24, 2.45) is 23.7 Å². The van der Waals surface area contributed by atoms with Gasteiger partial charge in [0.2, 0.25) is 0 Å². The largest absolute Gasteiger partial charge is 0.338 e. The Bertz CT molecular complexity index is 2690. The first-order chi connectivity index (χ1) is 34.2. The maximum atomic E-state index is 17.5. The van der Waals surface area contributed by atoms with Crippen LogP contribution in [0.4, 0.5) is 8.78 Å². The molecule has 2 nitrogen and oxygen atoms in total. The van der Waals surface area contributed by atoms with Crippen molar-refractivity contribution in [2.75, 3.05) is 0 Å². The van der Waals surface area contributed by atoms with E-state index in [4.69, 9.17) is 0 Å². The molecule has 0 bridgehead atoms. The number of hydrogen-bond donors (Lipinski definition) is 0. The minimum absolute atomic E-state index is 0.175. The van der Waals surface area contributed by atoms with Crippen LogP contribution < -0.4 is 0 Å². The third kappa shape index (κ3) is 11.5. The molecule has 0 aliphatic carbocycles. The SMILES string of the molecule is CCCCC(CC)Cc1cc(-c2cc3c(cc2F)c2c(c4cc(F)c(-c5cc(CC(CC)CCCC)c(-c6cccs6)s5)cc4n2CC(CC)CCCC)n3CC(CC)CCCC)sc1-c1cccs1. The molecule has 0 aliphatic heterocycles. The van der Waals surface area contributed by atoms with Crippen molar-refractivity contribution < 1.29 is 8.78 Å². The second-order valence-corrected chi connectivity index (χ2v) is 24.6. The average Bonchev–Trinajstić information content (AvgIpc) is 4.25. The molecule has 0 saturated heterocycles. The van der Waals surface area contributed by atoms with Gasteiger partial charge in [-0.05, 0) is 120 Å². The van der Waals surface area contributed by atoms with E-state index in [1.54, 1.807) is 45.3 Å². The van der Waals surface area contributed by atoms with Gasteiger partial charge in [-0.3, -0.25) is 0 Å². The molecule has 0 spiro atoms. The van der Waals surface area contributed by atoms with Gasteiger partial charge in [0.25, 0.3) is 0 Å². The molecule has 0 radical (unpaired) electrons. The summed E-state index contributed by atoms with van der Waals surface area (Å²) in [5.41, 5.74) is 8.31. The van der Waals surface area contributed by atoms with Crippen LogP contribution in [0.3, 0.4) is 0 Å². The molecule has 376 valence electrons. The van der Waals surface area contributed by atoms with E-state index < -0.39 is 0 Å². The molecule has 8 rings (SSSR count). The Morgan fingerprint density at radius 2 is 0.829 bits per heavy atom. The van der Waals surface area contributed by atoms with Crippen LogP contribution in [0.25, 0.3) is 73.2 Å². The Morgan fingerprint density at radius 1 is 0.457 bits per heavy atom. The molecule has 4 unspecified atom stereocenters. The minimum Gasteiger partial charge on any atom is -0.338 e. The first-order valence-electron chi connectivity index (χ1n) is 27.5. The van der Waals surface area contributed by atoms with Gasteiger partial charge in [0, 0.05) is 64.3 Å². The summed E-state index contributed by atoms with van der Waals surface area (Å²) in [5, 5.41) is 6.22. The van der Waals surface area contributed by atoms with Crippen LogP contribution in [-0.2, 0) is 25.9 Å². The summed E-state index contributed by atoms with van der Waals surface area (Å²) in [6.45, 7) is 20.0. The van der Waals surface area contributed by atoms with E-state index in [1.165, 1.54) is 82.0 Å². The smallest absolute Gasteiger partial charge is 0.132 e. The van der Waals surface area contributed by atoms with Gasteiger partial charge in [-0.25, -0.2) is 8.78 Å². The van der Waals surface area contributed by atoms with Gasteiger partial charge in [-0.1, -0.05) is 157 Å². The van der Waals surface area contributed by atoms with Gasteiger partial charge in [0.15, 0.2) is 0 Å². The Labute approximate surface area is 435 Å². The standard InChI is InChI=1S/C62H80F2N2S4/c1-9-17-23-41(13-5)31-45-33-57(69-61(45)55-27-21-29-67-55)47-37-53-49(35-51(47)63)59-60(65(53)39-43(15-7)25-19-11-3)50-36-52(64)48(38-54(50)66(59)40-44(16-8)26-20-12-4)58-34-46(32-42(14-6)24-18-10-2)62(70-58)56-28-22-30-68-56/h21-22,27-30,33-38,41-44H,9-20,23-26,31-32,39-40H2,1-8H3. The van der Waals surface area contributed by atoms with Crippen LogP contribution in [0, 0.1) is 35.3 Å². The van der Waals surface area contributed by atoms with Gasteiger partial charge in [-0.2, -0.15) is 0 Å². The molecule has 4 atom stereocenters. The topological polar surface area (TPSA) is 9.86 Å². The molecular weight excluding hydrogens is 939 g/mol. The summed E-state index contributed by atoms with van der Waals surface area (Å²) in [6.07, 6.45) is 20.7. The van der Waals surface area contributed by atoms with Crippen molar-refractivity contribution in [2.45, 2.75) is 184 Å². The summed E-state index contributed by atoms with van der Waals surface area (Å²) < 4.78 is 40.1. The molecular formula is C62H80F2N2S4. The number of aromatic nitrogens is 2. The predicted octanol–water partition coefficient (Wildman–Crippen LogP) is 21.9. The molecule has 70 heavy (non-hydrogen) atoms. The number of rotatable bonds is 28. The Kier molecular flexibility index (Phi) is 18.8. The Hall–Kier alpha value is -3.56. The third-order valence-corrected chi connectivity index (χ3v) is 20.3. The normalized spacial score (nSPS) is 13.9. The molecule has 2 aromatic carbocycles. The highest BCUT2D eigenvalue weighted by Gasteiger charge is 2.28. The summed E-state index contributed by atoms with van der Waals surface area (Å²) in [7, 11) is 0. The number of thiophene rings is 4. The molecule has 6 aromatic heterocycles. The zero-order valence-corrected chi connectivity index (χ0v) is 46.9. The van der Waals surface area contributed by atoms with E-state index in [2.05, 4.69) is 124 Å². The zero-order valence-electron chi connectivity index (χ0n) is 43.7. The summed E-state index contributed by atoms with van der Waals surface area (Å²) >= 11 is 7.08. The maximum absolute atomic E-state index is 17.5. The van der Waals surface area contributed by atoms with Crippen molar-refractivity contribution in [1.29, 1.82) is 0 Å². The number of nitrogens with zero attached hydrogens (tertiary/aromatic N) is 2. The molecule has 0 fully saturated rings. The van der Waals surface area contributed by atoms with Crippen molar-refractivity contribution >= 4 is 78.2 Å².